The molecule has 0 saturated carbocycles. The molecule has 1 aromatic heterocycles. The number of nitrogens with zero attached hydrogens (tertiary/aromatic N) is 3. The van der Waals surface area contributed by atoms with Crippen molar-refractivity contribution in [3.8, 4) is 11.5 Å². The minimum absolute atomic E-state index is 0.155. The first-order valence-corrected chi connectivity index (χ1v) is 10.7. The second-order valence-electron chi connectivity index (χ2n) is 8.31. The second kappa shape index (κ2) is 9.09. The number of benzene rings is 1. The van der Waals surface area contributed by atoms with Gasteiger partial charge in [-0.1, -0.05) is 17.7 Å². The molecule has 2 fully saturated rings. The van der Waals surface area contributed by atoms with Crippen LogP contribution >= 0.6 is 0 Å². The Labute approximate surface area is 172 Å². The normalized spacial score (nSPS) is 18.9. The third kappa shape index (κ3) is 5.06. The molecule has 0 radical (unpaired) electrons. The Morgan fingerprint density at radius 2 is 1.90 bits per heavy atom. The topological polar surface area (TPSA) is 58.8 Å². The lowest BCUT2D eigenvalue weighted by Gasteiger charge is -2.36. The smallest absolute Gasteiger partial charge is 0.228 e. The largest absolute Gasteiger partial charge is 0.441 e. The van der Waals surface area contributed by atoms with E-state index < -0.39 is 0 Å². The number of aromatic nitrogens is 1. The SMILES string of the molecule is Cc1cccc(-c2nc(CC(=O)N3CCC(CN4CCOCC4)CC3)c(C)o2)c1. The summed E-state index contributed by atoms with van der Waals surface area (Å²) in [6.07, 6.45) is 2.47. The summed E-state index contributed by atoms with van der Waals surface area (Å²) >= 11 is 0. The van der Waals surface area contributed by atoms with Crippen LogP contribution in [0.3, 0.4) is 0 Å². The van der Waals surface area contributed by atoms with Gasteiger partial charge in [-0.15, -0.1) is 0 Å². The first-order chi connectivity index (χ1) is 14.1. The number of likely N-dealkylation sites (tertiary alicyclic amines) is 1. The standard InChI is InChI=1S/C23H31N3O3/c1-17-4-3-5-20(14-17)23-24-21(18(2)29-23)15-22(27)26-8-6-19(7-9-26)16-25-10-12-28-13-11-25/h3-5,14,19H,6-13,15-16H2,1-2H3. The quantitative estimate of drug-likeness (QED) is 0.776. The third-order valence-electron chi connectivity index (χ3n) is 6.06. The molecule has 0 atom stereocenters. The Morgan fingerprint density at radius 3 is 2.62 bits per heavy atom. The average molecular weight is 398 g/mol. The van der Waals surface area contributed by atoms with Crippen LogP contribution in [0.25, 0.3) is 11.5 Å². The maximum Gasteiger partial charge on any atom is 0.228 e. The number of hydrogen-bond donors (Lipinski definition) is 0. The summed E-state index contributed by atoms with van der Waals surface area (Å²) in [6.45, 7) is 10.5. The van der Waals surface area contributed by atoms with Crippen LogP contribution in [0.5, 0.6) is 0 Å². The number of ether oxygens (including phenoxy) is 1. The minimum atomic E-state index is 0.155. The fourth-order valence-electron chi connectivity index (χ4n) is 4.26. The number of piperidine rings is 1. The van der Waals surface area contributed by atoms with Crippen LogP contribution < -0.4 is 0 Å². The van der Waals surface area contributed by atoms with Gasteiger partial charge < -0.3 is 14.1 Å². The molecule has 156 valence electrons. The Kier molecular flexibility index (Phi) is 6.31. The molecule has 2 aliphatic rings. The molecular formula is C23H31N3O3. The highest BCUT2D eigenvalue weighted by molar-refractivity contribution is 5.78. The fourth-order valence-corrected chi connectivity index (χ4v) is 4.26. The third-order valence-corrected chi connectivity index (χ3v) is 6.06. The molecule has 2 saturated heterocycles. The van der Waals surface area contributed by atoms with Crippen molar-refractivity contribution in [3.05, 3.63) is 41.3 Å². The van der Waals surface area contributed by atoms with Gasteiger partial charge in [-0.3, -0.25) is 9.69 Å². The zero-order valence-electron chi connectivity index (χ0n) is 17.5. The summed E-state index contributed by atoms with van der Waals surface area (Å²) in [5, 5.41) is 0. The van der Waals surface area contributed by atoms with Crippen molar-refractivity contribution in [3.63, 3.8) is 0 Å². The predicted molar refractivity (Wildman–Crippen MR) is 112 cm³/mol. The van der Waals surface area contributed by atoms with Gasteiger partial charge in [0, 0.05) is 38.3 Å². The Balaban J connectivity index is 1.31. The van der Waals surface area contributed by atoms with Crippen LogP contribution in [-0.4, -0.2) is 66.6 Å². The van der Waals surface area contributed by atoms with Gasteiger partial charge in [0.15, 0.2) is 0 Å². The number of carbonyl (C=O) groups excluding carboxylic acids is 1. The number of morpholine rings is 1. The van der Waals surface area contributed by atoms with E-state index in [2.05, 4.69) is 16.0 Å². The van der Waals surface area contributed by atoms with Crippen LogP contribution in [-0.2, 0) is 16.0 Å². The van der Waals surface area contributed by atoms with Crippen molar-refractivity contribution in [2.75, 3.05) is 45.9 Å². The summed E-state index contributed by atoms with van der Waals surface area (Å²) in [5.41, 5.74) is 2.87. The van der Waals surface area contributed by atoms with Gasteiger partial charge in [0.05, 0.1) is 25.3 Å². The Hall–Kier alpha value is -2.18. The first kappa shape index (κ1) is 20.1. The number of rotatable bonds is 5. The highest BCUT2D eigenvalue weighted by Gasteiger charge is 2.26. The van der Waals surface area contributed by atoms with Crippen LogP contribution in [0.4, 0.5) is 0 Å². The van der Waals surface area contributed by atoms with Gasteiger partial charge in [-0.05, 0) is 44.7 Å². The number of hydrogen-bond acceptors (Lipinski definition) is 5. The molecule has 1 amide bonds. The van der Waals surface area contributed by atoms with E-state index in [9.17, 15) is 4.79 Å². The van der Waals surface area contributed by atoms with E-state index in [1.165, 1.54) is 0 Å². The van der Waals surface area contributed by atoms with Crippen LogP contribution in [0.15, 0.2) is 28.7 Å². The van der Waals surface area contributed by atoms with E-state index in [0.29, 0.717) is 18.2 Å². The van der Waals surface area contributed by atoms with E-state index in [1.807, 2.05) is 36.9 Å². The first-order valence-electron chi connectivity index (χ1n) is 10.7. The van der Waals surface area contributed by atoms with Crippen molar-refractivity contribution in [2.45, 2.75) is 33.1 Å². The molecular weight excluding hydrogens is 366 g/mol. The van der Waals surface area contributed by atoms with E-state index in [1.54, 1.807) is 0 Å². The lowest BCUT2D eigenvalue weighted by atomic mass is 9.95. The van der Waals surface area contributed by atoms with Crippen molar-refractivity contribution in [1.29, 1.82) is 0 Å². The number of amides is 1. The van der Waals surface area contributed by atoms with Crippen LogP contribution in [0.2, 0.25) is 0 Å². The zero-order valence-corrected chi connectivity index (χ0v) is 17.5. The fraction of sp³-hybridized carbons (Fsp3) is 0.565. The molecule has 2 aliphatic heterocycles. The van der Waals surface area contributed by atoms with Gasteiger partial charge in [-0.2, -0.15) is 0 Å². The van der Waals surface area contributed by atoms with Crippen LogP contribution in [0, 0.1) is 19.8 Å². The van der Waals surface area contributed by atoms with E-state index in [-0.39, 0.29) is 5.91 Å². The van der Waals surface area contributed by atoms with E-state index >= 15 is 0 Å². The Morgan fingerprint density at radius 1 is 1.14 bits per heavy atom. The summed E-state index contributed by atoms with van der Waals surface area (Å²) in [4.78, 5) is 21.9. The van der Waals surface area contributed by atoms with Gasteiger partial charge in [0.25, 0.3) is 0 Å². The Bertz CT molecular complexity index is 834. The van der Waals surface area contributed by atoms with Gasteiger partial charge in [0.2, 0.25) is 11.8 Å². The highest BCUT2D eigenvalue weighted by Crippen LogP contribution is 2.24. The predicted octanol–water partition coefficient (Wildman–Crippen LogP) is 3.07. The van der Waals surface area contributed by atoms with Crippen molar-refractivity contribution < 1.29 is 13.9 Å². The van der Waals surface area contributed by atoms with E-state index in [4.69, 9.17) is 9.15 Å². The van der Waals surface area contributed by atoms with Crippen molar-refractivity contribution in [2.24, 2.45) is 5.92 Å². The molecule has 2 aromatic rings. The van der Waals surface area contributed by atoms with E-state index in [0.717, 1.165) is 81.4 Å². The molecule has 4 rings (SSSR count). The number of aryl methyl sites for hydroxylation is 2. The number of carbonyl (C=O) groups is 1. The van der Waals surface area contributed by atoms with Gasteiger partial charge >= 0.3 is 0 Å². The second-order valence-corrected chi connectivity index (χ2v) is 8.31. The van der Waals surface area contributed by atoms with Crippen LogP contribution in [0.1, 0.15) is 29.9 Å². The molecule has 0 spiro atoms. The lowest BCUT2D eigenvalue weighted by Crippen LogP contribution is -2.44. The molecule has 29 heavy (non-hydrogen) atoms. The summed E-state index contributed by atoms with van der Waals surface area (Å²) in [7, 11) is 0. The average Bonchev–Trinajstić information content (AvgIpc) is 3.10. The zero-order chi connectivity index (χ0) is 20.2. The maximum atomic E-state index is 12.8. The summed E-state index contributed by atoms with van der Waals surface area (Å²) in [5.74, 6) is 2.16. The molecule has 0 aliphatic carbocycles. The molecule has 1 aromatic carbocycles. The number of oxazole rings is 1. The molecule has 6 nitrogen and oxygen atoms in total. The van der Waals surface area contributed by atoms with Gasteiger partial charge in [-0.25, -0.2) is 4.98 Å². The molecule has 6 heteroatoms. The molecule has 3 heterocycles. The van der Waals surface area contributed by atoms with Crippen molar-refractivity contribution in [1.82, 2.24) is 14.8 Å². The summed E-state index contributed by atoms with van der Waals surface area (Å²) in [6, 6.07) is 8.09. The minimum Gasteiger partial charge on any atom is -0.441 e. The highest BCUT2D eigenvalue weighted by atomic mass is 16.5. The lowest BCUT2D eigenvalue weighted by molar-refractivity contribution is -0.132. The monoisotopic (exact) mass is 397 g/mol. The van der Waals surface area contributed by atoms with Gasteiger partial charge in [0.1, 0.15) is 5.76 Å². The molecule has 0 unspecified atom stereocenters. The van der Waals surface area contributed by atoms with Crippen molar-refractivity contribution >= 4 is 5.91 Å². The summed E-state index contributed by atoms with van der Waals surface area (Å²) < 4.78 is 11.3. The molecule has 0 N–H and O–H groups in total. The maximum absolute atomic E-state index is 12.8. The molecule has 0 bridgehead atoms.